The smallest absolute Gasteiger partial charge is 0.264 e. The van der Waals surface area contributed by atoms with E-state index in [0.29, 0.717) is 35.4 Å². The van der Waals surface area contributed by atoms with E-state index in [1.165, 1.54) is 11.3 Å². The van der Waals surface area contributed by atoms with Crippen LogP contribution in [-0.4, -0.2) is 60.9 Å². The molecule has 1 saturated heterocycles. The summed E-state index contributed by atoms with van der Waals surface area (Å²) in [5.74, 6) is 2.31. The van der Waals surface area contributed by atoms with Gasteiger partial charge in [0.25, 0.3) is 5.91 Å². The van der Waals surface area contributed by atoms with Crippen LogP contribution in [0, 0.1) is 12.3 Å². The highest BCUT2D eigenvalue weighted by molar-refractivity contribution is 7.17. The molecule has 1 aliphatic heterocycles. The zero-order chi connectivity index (χ0) is 15.9. The molecule has 0 radical (unpaired) electrons. The Bertz CT molecular complexity index is 582. The fourth-order valence-electron chi connectivity index (χ4n) is 2.33. The SMILES string of the molecule is C#CCNC(=O)CN1CCCN(C(=O)c2ccc(Cl)s2)CC1. The Balaban J connectivity index is 1.86. The molecule has 7 heteroatoms. The highest BCUT2D eigenvalue weighted by Gasteiger charge is 2.22. The molecular formula is C15H18ClN3O2S. The van der Waals surface area contributed by atoms with Gasteiger partial charge in [-0.15, -0.1) is 17.8 Å². The summed E-state index contributed by atoms with van der Waals surface area (Å²) in [6.45, 7) is 3.32. The van der Waals surface area contributed by atoms with Crippen LogP contribution in [-0.2, 0) is 4.79 Å². The van der Waals surface area contributed by atoms with Crippen molar-refractivity contribution in [3.63, 3.8) is 0 Å². The van der Waals surface area contributed by atoms with Crippen LogP contribution in [0.1, 0.15) is 16.1 Å². The molecule has 0 aliphatic carbocycles. The minimum absolute atomic E-state index is 0.00975. The molecule has 0 spiro atoms. The molecule has 2 heterocycles. The summed E-state index contributed by atoms with van der Waals surface area (Å²) in [4.78, 5) is 28.6. The van der Waals surface area contributed by atoms with Crippen molar-refractivity contribution >= 4 is 34.8 Å². The van der Waals surface area contributed by atoms with Gasteiger partial charge in [0, 0.05) is 26.2 Å². The summed E-state index contributed by atoms with van der Waals surface area (Å²) in [6, 6.07) is 3.49. The van der Waals surface area contributed by atoms with Crippen molar-refractivity contribution in [3.05, 3.63) is 21.3 Å². The second-order valence-electron chi connectivity index (χ2n) is 5.01. The molecule has 1 aromatic heterocycles. The van der Waals surface area contributed by atoms with Crippen LogP contribution in [0.15, 0.2) is 12.1 Å². The van der Waals surface area contributed by atoms with Gasteiger partial charge in [0.05, 0.1) is 22.3 Å². The number of hydrogen-bond acceptors (Lipinski definition) is 4. The van der Waals surface area contributed by atoms with E-state index in [0.717, 1.165) is 13.0 Å². The molecular weight excluding hydrogens is 322 g/mol. The van der Waals surface area contributed by atoms with Crippen molar-refractivity contribution in [2.24, 2.45) is 0 Å². The Morgan fingerprint density at radius 3 is 2.82 bits per heavy atom. The van der Waals surface area contributed by atoms with E-state index in [1.54, 1.807) is 12.1 Å². The van der Waals surface area contributed by atoms with Crippen LogP contribution in [0.5, 0.6) is 0 Å². The van der Waals surface area contributed by atoms with Crippen molar-refractivity contribution in [1.82, 2.24) is 15.1 Å². The molecule has 118 valence electrons. The Kier molecular flexibility index (Phi) is 6.25. The molecule has 1 aliphatic rings. The molecule has 0 aromatic carbocycles. The highest BCUT2D eigenvalue weighted by atomic mass is 35.5. The van der Waals surface area contributed by atoms with Crippen LogP contribution in [0.4, 0.5) is 0 Å². The van der Waals surface area contributed by atoms with Gasteiger partial charge in [0.1, 0.15) is 0 Å². The summed E-state index contributed by atoms with van der Waals surface area (Å²) in [6.07, 6.45) is 5.95. The summed E-state index contributed by atoms with van der Waals surface area (Å²) in [5, 5.41) is 2.65. The van der Waals surface area contributed by atoms with Crippen molar-refractivity contribution in [3.8, 4) is 12.3 Å². The second kappa shape index (κ2) is 8.18. The number of rotatable bonds is 4. The Labute approximate surface area is 139 Å². The third-order valence-corrected chi connectivity index (χ3v) is 4.63. The highest BCUT2D eigenvalue weighted by Crippen LogP contribution is 2.23. The third-order valence-electron chi connectivity index (χ3n) is 3.41. The van der Waals surface area contributed by atoms with E-state index >= 15 is 0 Å². The quantitative estimate of drug-likeness (QED) is 0.841. The molecule has 0 saturated carbocycles. The average Bonchev–Trinajstić information content (AvgIpc) is 2.80. The second-order valence-corrected chi connectivity index (χ2v) is 6.72. The lowest BCUT2D eigenvalue weighted by molar-refractivity contribution is -0.121. The monoisotopic (exact) mass is 339 g/mol. The van der Waals surface area contributed by atoms with Gasteiger partial charge in [0.2, 0.25) is 5.91 Å². The Morgan fingerprint density at radius 1 is 1.32 bits per heavy atom. The molecule has 2 rings (SSSR count). The normalized spacial score (nSPS) is 15.9. The number of carbonyl (C=O) groups is 2. The molecule has 1 N–H and O–H groups in total. The van der Waals surface area contributed by atoms with Gasteiger partial charge in [-0.05, 0) is 18.6 Å². The number of carbonyl (C=O) groups excluding carboxylic acids is 2. The maximum atomic E-state index is 12.4. The predicted molar refractivity (Wildman–Crippen MR) is 88.1 cm³/mol. The summed E-state index contributed by atoms with van der Waals surface area (Å²) in [5.41, 5.74) is 0. The van der Waals surface area contributed by atoms with Gasteiger partial charge in [-0.25, -0.2) is 0 Å². The molecule has 22 heavy (non-hydrogen) atoms. The average molecular weight is 340 g/mol. The van der Waals surface area contributed by atoms with Gasteiger partial charge >= 0.3 is 0 Å². The Morgan fingerprint density at radius 2 is 2.14 bits per heavy atom. The van der Waals surface area contributed by atoms with E-state index in [1.807, 2.05) is 9.80 Å². The molecule has 1 fully saturated rings. The summed E-state index contributed by atoms with van der Waals surface area (Å²) < 4.78 is 0.616. The maximum absolute atomic E-state index is 12.4. The van der Waals surface area contributed by atoms with E-state index in [-0.39, 0.29) is 18.4 Å². The number of nitrogens with zero attached hydrogens (tertiary/aromatic N) is 2. The van der Waals surface area contributed by atoms with E-state index < -0.39 is 0 Å². The number of thiophene rings is 1. The molecule has 0 unspecified atom stereocenters. The van der Waals surface area contributed by atoms with Crippen LogP contribution in [0.3, 0.4) is 0 Å². The maximum Gasteiger partial charge on any atom is 0.264 e. The fraction of sp³-hybridized carbons (Fsp3) is 0.467. The first-order chi connectivity index (χ1) is 10.6. The predicted octanol–water partition coefficient (Wildman–Crippen LogP) is 1.30. The Hall–Kier alpha value is -1.55. The van der Waals surface area contributed by atoms with Crippen molar-refractivity contribution in [1.29, 1.82) is 0 Å². The van der Waals surface area contributed by atoms with Gasteiger partial charge in [0.15, 0.2) is 0 Å². The fourth-order valence-corrected chi connectivity index (χ4v) is 3.34. The summed E-state index contributed by atoms with van der Waals surface area (Å²) in [7, 11) is 0. The first-order valence-electron chi connectivity index (χ1n) is 7.07. The van der Waals surface area contributed by atoms with Gasteiger partial charge in [-0.2, -0.15) is 0 Å². The van der Waals surface area contributed by atoms with Crippen molar-refractivity contribution < 1.29 is 9.59 Å². The number of hydrogen-bond donors (Lipinski definition) is 1. The zero-order valence-corrected chi connectivity index (χ0v) is 13.8. The molecule has 0 atom stereocenters. The standard InChI is InChI=1S/C15H18ClN3O2S/c1-2-6-17-14(20)11-18-7-3-8-19(10-9-18)15(21)12-4-5-13(16)22-12/h1,4-5H,3,6-11H2,(H,17,20). The molecule has 2 amide bonds. The number of halogens is 1. The number of nitrogens with one attached hydrogen (secondary N) is 1. The van der Waals surface area contributed by atoms with Crippen LogP contribution in [0.25, 0.3) is 0 Å². The van der Waals surface area contributed by atoms with Crippen molar-refractivity contribution in [2.45, 2.75) is 6.42 Å². The van der Waals surface area contributed by atoms with Crippen LogP contribution in [0.2, 0.25) is 4.34 Å². The van der Waals surface area contributed by atoms with Crippen LogP contribution < -0.4 is 5.32 Å². The first kappa shape index (κ1) is 16.8. The molecule has 1 aromatic rings. The van der Waals surface area contributed by atoms with Gasteiger partial charge < -0.3 is 10.2 Å². The van der Waals surface area contributed by atoms with Gasteiger partial charge in [-0.3, -0.25) is 14.5 Å². The third kappa shape index (κ3) is 4.73. The zero-order valence-electron chi connectivity index (χ0n) is 12.2. The molecule has 5 nitrogen and oxygen atoms in total. The number of amides is 2. The van der Waals surface area contributed by atoms with E-state index in [2.05, 4.69) is 11.2 Å². The van der Waals surface area contributed by atoms with Crippen molar-refractivity contribution in [2.75, 3.05) is 39.3 Å². The topological polar surface area (TPSA) is 52.7 Å². The van der Waals surface area contributed by atoms with Gasteiger partial charge in [-0.1, -0.05) is 17.5 Å². The van der Waals surface area contributed by atoms with E-state index in [4.69, 9.17) is 18.0 Å². The summed E-state index contributed by atoms with van der Waals surface area (Å²) >= 11 is 7.17. The first-order valence-corrected chi connectivity index (χ1v) is 8.26. The molecule has 0 bridgehead atoms. The minimum Gasteiger partial charge on any atom is -0.344 e. The lowest BCUT2D eigenvalue weighted by atomic mass is 10.3. The lowest BCUT2D eigenvalue weighted by Crippen LogP contribution is -2.40. The lowest BCUT2D eigenvalue weighted by Gasteiger charge is -2.21. The van der Waals surface area contributed by atoms with E-state index in [9.17, 15) is 9.59 Å². The van der Waals surface area contributed by atoms with Crippen LogP contribution >= 0.6 is 22.9 Å². The minimum atomic E-state index is -0.0808. The largest absolute Gasteiger partial charge is 0.344 e. The number of terminal acetylenes is 1.